The molecule has 0 rings (SSSR count). The van der Waals surface area contributed by atoms with E-state index in [0.29, 0.717) is 13.2 Å². The first-order valence-electron chi connectivity index (χ1n) is 5.95. The molecule has 0 spiro atoms. The summed E-state index contributed by atoms with van der Waals surface area (Å²) in [6.07, 6.45) is -0.380. The molecule has 0 aromatic heterocycles. The minimum Gasteiger partial charge on any atom is -0.462 e. The lowest BCUT2D eigenvalue weighted by Crippen LogP contribution is -2.45. The highest BCUT2D eigenvalue weighted by Crippen LogP contribution is 2.12. The standard InChI is InChI=1S/C12H25NO4/c1-6-15-7-8-16-11(14)10(13)9(2)17-12(3,4)5/h9-10H,6-8,13H2,1-5H3/t9-,10+/m1/s1. The normalized spacial score (nSPS) is 15.4. The van der Waals surface area contributed by atoms with E-state index >= 15 is 0 Å². The number of hydrogen-bond donors (Lipinski definition) is 1. The van der Waals surface area contributed by atoms with E-state index in [-0.39, 0.29) is 18.3 Å². The predicted molar refractivity (Wildman–Crippen MR) is 65.7 cm³/mol. The molecule has 0 radical (unpaired) electrons. The van der Waals surface area contributed by atoms with Crippen LogP contribution in [0.4, 0.5) is 0 Å². The van der Waals surface area contributed by atoms with Gasteiger partial charge in [-0.3, -0.25) is 4.79 Å². The molecule has 102 valence electrons. The highest BCUT2D eigenvalue weighted by atomic mass is 16.6. The average molecular weight is 247 g/mol. The van der Waals surface area contributed by atoms with Crippen LogP contribution in [0.25, 0.3) is 0 Å². The second-order valence-corrected chi connectivity index (χ2v) is 4.83. The van der Waals surface area contributed by atoms with Crippen molar-refractivity contribution in [3.63, 3.8) is 0 Å². The maximum Gasteiger partial charge on any atom is 0.325 e. The average Bonchev–Trinajstić information content (AvgIpc) is 2.20. The van der Waals surface area contributed by atoms with Crippen molar-refractivity contribution in [1.82, 2.24) is 0 Å². The number of rotatable bonds is 7. The van der Waals surface area contributed by atoms with Gasteiger partial charge in [0, 0.05) is 6.61 Å². The Morgan fingerprint density at radius 2 is 1.88 bits per heavy atom. The molecule has 0 aromatic rings. The Hall–Kier alpha value is -0.650. The maximum absolute atomic E-state index is 11.6. The summed E-state index contributed by atoms with van der Waals surface area (Å²) in [6, 6.07) is -0.768. The molecule has 0 saturated heterocycles. The minimum atomic E-state index is -0.768. The van der Waals surface area contributed by atoms with Crippen LogP contribution in [-0.2, 0) is 19.0 Å². The maximum atomic E-state index is 11.6. The molecule has 0 amide bonds. The van der Waals surface area contributed by atoms with Gasteiger partial charge in [0.1, 0.15) is 12.6 Å². The molecule has 0 heterocycles. The highest BCUT2D eigenvalue weighted by molar-refractivity contribution is 5.76. The quantitative estimate of drug-likeness (QED) is 0.539. The topological polar surface area (TPSA) is 70.8 Å². The van der Waals surface area contributed by atoms with Gasteiger partial charge in [0.05, 0.1) is 18.3 Å². The lowest BCUT2D eigenvalue weighted by molar-refractivity contribution is -0.153. The third-order valence-corrected chi connectivity index (χ3v) is 1.99. The third kappa shape index (κ3) is 8.12. The van der Waals surface area contributed by atoms with E-state index in [1.807, 2.05) is 27.7 Å². The Balaban J connectivity index is 3.95. The minimum absolute atomic E-state index is 0.225. The van der Waals surface area contributed by atoms with Crippen LogP contribution in [0.3, 0.4) is 0 Å². The van der Waals surface area contributed by atoms with Crippen LogP contribution < -0.4 is 5.73 Å². The van der Waals surface area contributed by atoms with Gasteiger partial charge in [0.2, 0.25) is 0 Å². The lowest BCUT2D eigenvalue weighted by atomic mass is 10.1. The number of carbonyl (C=O) groups excluding carboxylic acids is 1. The van der Waals surface area contributed by atoms with Gasteiger partial charge < -0.3 is 19.9 Å². The smallest absolute Gasteiger partial charge is 0.325 e. The van der Waals surface area contributed by atoms with Gasteiger partial charge in [-0.05, 0) is 34.6 Å². The molecule has 0 unspecified atom stereocenters. The molecule has 5 nitrogen and oxygen atoms in total. The number of esters is 1. The first-order valence-corrected chi connectivity index (χ1v) is 5.95. The van der Waals surface area contributed by atoms with E-state index in [1.165, 1.54) is 0 Å². The molecule has 0 aliphatic rings. The summed E-state index contributed by atoms with van der Waals surface area (Å²) in [5, 5.41) is 0. The lowest BCUT2D eigenvalue weighted by Gasteiger charge is -2.27. The van der Waals surface area contributed by atoms with E-state index in [0.717, 1.165) is 0 Å². The second kappa shape index (κ2) is 7.63. The molecular weight excluding hydrogens is 222 g/mol. The van der Waals surface area contributed by atoms with Crippen LogP contribution in [0.2, 0.25) is 0 Å². The molecule has 0 saturated carbocycles. The van der Waals surface area contributed by atoms with Crippen LogP contribution in [0.1, 0.15) is 34.6 Å². The van der Waals surface area contributed by atoms with Crippen molar-refractivity contribution in [3.8, 4) is 0 Å². The third-order valence-electron chi connectivity index (χ3n) is 1.99. The SMILES string of the molecule is CCOCCOC(=O)[C@@H](N)[C@@H](C)OC(C)(C)C. The summed E-state index contributed by atoms with van der Waals surface area (Å²) in [4.78, 5) is 11.6. The van der Waals surface area contributed by atoms with Gasteiger partial charge in [0.25, 0.3) is 0 Å². The first kappa shape index (κ1) is 16.4. The molecule has 0 bridgehead atoms. The Morgan fingerprint density at radius 3 is 2.35 bits per heavy atom. The fraction of sp³-hybridized carbons (Fsp3) is 0.917. The number of nitrogens with two attached hydrogens (primary N) is 1. The van der Waals surface area contributed by atoms with Crippen molar-refractivity contribution in [2.75, 3.05) is 19.8 Å². The van der Waals surface area contributed by atoms with E-state index in [9.17, 15) is 4.79 Å². The van der Waals surface area contributed by atoms with Gasteiger partial charge in [-0.2, -0.15) is 0 Å². The van der Waals surface area contributed by atoms with E-state index < -0.39 is 12.0 Å². The zero-order valence-electron chi connectivity index (χ0n) is 11.5. The zero-order valence-corrected chi connectivity index (χ0v) is 11.5. The molecule has 17 heavy (non-hydrogen) atoms. The molecule has 0 aromatic carbocycles. The largest absolute Gasteiger partial charge is 0.462 e. The van der Waals surface area contributed by atoms with Crippen molar-refractivity contribution in [2.45, 2.75) is 52.4 Å². The number of carbonyl (C=O) groups is 1. The molecule has 2 N–H and O–H groups in total. The molecule has 0 aliphatic carbocycles. The number of hydrogen-bond acceptors (Lipinski definition) is 5. The van der Waals surface area contributed by atoms with Crippen molar-refractivity contribution in [2.24, 2.45) is 5.73 Å². The van der Waals surface area contributed by atoms with Crippen LogP contribution in [0.15, 0.2) is 0 Å². The summed E-state index contributed by atoms with van der Waals surface area (Å²) in [5.41, 5.74) is 5.41. The van der Waals surface area contributed by atoms with E-state index in [1.54, 1.807) is 6.92 Å². The van der Waals surface area contributed by atoms with Crippen molar-refractivity contribution >= 4 is 5.97 Å². The van der Waals surface area contributed by atoms with Crippen LogP contribution >= 0.6 is 0 Å². The van der Waals surface area contributed by atoms with Crippen LogP contribution in [0, 0.1) is 0 Å². The van der Waals surface area contributed by atoms with Crippen LogP contribution in [-0.4, -0.2) is 43.5 Å². The van der Waals surface area contributed by atoms with Gasteiger partial charge in [-0.25, -0.2) is 0 Å². The van der Waals surface area contributed by atoms with E-state index in [2.05, 4.69) is 0 Å². The molecule has 2 atom stereocenters. The van der Waals surface area contributed by atoms with Crippen LogP contribution in [0.5, 0.6) is 0 Å². The Bertz CT molecular complexity index is 225. The van der Waals surface area contributed by atoms with E-state index in [4.69, 9.17) is 19.9 Å². The molecule has 5 heteroatoms. The number of ether oxygens (including phenoxy) is 3. The fourth-order valence-corrected chi connectivity index (χ4v) is 1.26. The molecular formula is C12H25NO4. The van der Waals surface area contributed by atoms with Gasteiger partial charge >= 0.3 is 5.97 Å². The highest BCUT2D eigenvalue weighted by Gasteiger charge is 2.26. The van der Waals surface area contributed by atoms with Gasteiger partial charge in [-0.15, -0.1) is 0 Å². The summed E-state index contributed by atoms with van der Waals surface area (Å²) in [5.74, 6) is -0.457. The summed E-state index contributed by atoms with van der Waals surface area (Å²) >= 11 is 0. The van der Waals surface area contributed by atoms with Gasteiger partial charge in [0.15, 0.2) is 0 Å². The van der Waals surface area contributed by atoms with Crippen molar-refractivity contribution in [1.29, 1.82) is 0 Å². The Labute approximate surface area is 104 Å². The summed E-state index contributed by atoms with van der Waals surface area (Å²) < 4.78 is 15.6. The van der Waals surface area contributed by atoms with Gasteiger partial charge in [-0.1, -0.05) is 0 Å². The van der Waals surface area contributed by atoms with Crippen molar-refractivity contribution < 1.29 is 19.0 Å². The molecule has 0 aliphatic heterocycles. The zero-order chi connectivity index (χ0) is 13.5. The summed E-state index contributed by atoms with van der Waals surface area (Å²) in [6.45, 7) is 10.6. The first-order chi connectivity index (χ1) is 7.78. The Morgan fingerprint density at radius 1 is 1.29 bits per heavy atom. The second-order valence-electron chi connectivity index (χ2n) is 4.83. The molecule has 0 fully saturated rings. The predicted octanol–water partition coefficient (Wildman–Crippen LogP) is 1.10. The summed E-state index contributed by atoms with van der Waals surface area (Å²) in [7, 11) is 0. The fourth-order valence-electron chi connectivity index (χ4n) is 1.26. The van der Waals surface area contributed by atoms with Crippen molar-refractivity contribution in [3.05, 3.63) is 0 Å². The Kier molecular flexibility index (Phi) is 7.34. The monoisotopic (exact) mass is 247 g/mol.